The van der Waals surface area contributed by atoms with Crippen LogP contribution in [-0.4, -0.2) is 25.6 Å². The first-order valence-electron chi connectivity index (χ1n) is 9.95. The monoisotopic (exact) mass is 366 g/mol. The second kappa shape index (κ2) is 8.94. The minimum absolute atomic E-state index is 0.0432. The van der Waals surface area contributed by atoms with E-state index in [1.807, 2.05) is 26.0 Å². The number of carbonyl (C=O) groups is 1. The third-order valence-corrected chi connectivity index (χ3v) is 5.19. The molecule has 0 radical (unpaired) electrons. The van der Waals surface area contributed by atoms with Crippen LogP contribution in [0.15, 0.2) is 48.5 Å². The Kier molecular flexibility index (Phi) is 6.38. The van der Waals surface area contributed by atoms with Gasteiger partial charge in [0.15, 0.2) is 0 Å². The second-order valence-corrected chi connectivity index (χ2v) is 7.44. The van der Waals surface area contributed by atoms with E-state index in [0.29, 0.717) is 12.2 Å². The zero-order chi connectivity index (χ0) is 19.2. The number of anilines is 1. The molecule has 2 aromatic rings. The molecule has 27 heavy (non-hydrogen) atoms. The lowest BCUT2D eigenvalue weighted by molar-refractivity contribution is 0.0940. The molecule has 1 fully saturated rings. The van der Waals surface area contributed by atoms with Gasteiger partial charge in [-0.05, 0) is 74.6 Å². The Morgan fingerprint density at radius 3 is 2.52 bits per heavy atom. The highest BCUT2D eigenvalue weighted by Gasteiger charge is 2.17. The van der Waals surface area contributed by atoms with Gasteiger partial charge < -0.3 is 15.0 Å². The van der Waals surface area contributed by atoms with Crippen molar-refractivity contribution in [2.24, 2.45) is 5.92 Å². The van der Waals surface area contributed by atoms with Gasteiger partial charge >= 0.3 is 0 Å². The van der Waals surface area contributed by atoms with Crippen LogP contribution >= 0.6 is 0 Å². The van der Waals surface area contributed by atoms with E-state index >= 15 is 0 Å². The number of rotatable bonds is 6. The van der Waals surface area contributed by atoms with Gasteiger partial charge in [-0.1, -0.05) is 19.1 Å². The maximum Gasteiger partial charge on any atom is 0.251 e. The molecule has 0 bridgehead atoms. The first kappa shape index (κ1) is 19.3. The van der Waals surface area contributed by atoms with Gasteiger partial charge in [0.2, 0.25) is 0 Å². The Balaban J connectivity index is 1.60. The zero-order valence-electron chi connectivity index (χ0n) is 16.6. The molecule has 2 atom stereocenters. The molecular weight excluding hydrogens is 336 g/mol. The average Bonchev–Trinajstić information content (AvgIpc) is 2.69. The van der Waals surface area contributed by atoms with E-state index < -0.39 is 0 Å². The molecular formula is C23H30N2O2. The molecule has 1 amide bonds. The Morgan fingerprint density at radius 1 is 1.19 bits per heavy atom. The number of carbonyl (C=O) groups excluding carboxylic acids is 1. The van der Waals surface area contributed by atoms with Crippen LogP contribution < -0.4 is 15.0 Å². The smallest absolute Gasteiger partial charge is 0.251 e. The minimum Gasteiger partial charge on any atom is -0.494 e. The predicted molar refractivity (Wildman–Crippen MR) is 111 cm³/mol. The Bertz CT molecular complexity index is 740. The quantitative estimate of drug-likeness (QED) is 0.797. The van der Waals surface area contributed by atoms with E-state index in [1.165, 1.54) is 18.5 Å². The fourth-order valence-corrected chi connectivity index (χ4v) is 3.63. The van der Waals surface area contributed by atoms with Gasteiger partial charge in [0.1, 0.15) is 5.75 Å². The number of piperidine rings is 1. The van der Waals surface area contributed by atoms with Gasteiger partial charge in [-0.25, -0.2) is 0 Å². The van der Waals surface area contributed by atoms with Crippen molar-refractivity contribution < 1.29 is 9.53 Å². The van der Waals surface area contributed by atoms with E-state index in [1.54, 1.807) is 12.1 Å². The summed E-state index contributed by atoms with van der Waals surface area (Å²) in [5.74, 6) is 1.47. The summed E-state index contributed by atoms with van der Waals surface area (Å²) in [6, 6.07) is 15.8. The van der Waals surface area contributed by atoms with E-state index in [-0.39, 0.29) is 11.9 Å². The molecule has 0 spiro atoms. The lowest BCUT2D eigenvalue weighted by Crippen LogP contribution is -2.34. The van der Waals surface area contributed by atoms with Gasteiger partial charge in [-0.15, -0.1) is 0 Å². The summed E-state index contributed by atoms with van der Waals surface area (Å²) in [6.45, 7) is 9.16. The molecule has 2 aromatic carbocycles. The number of ether oxygens (including phenoxy) is 1. The molecule has 4 nitrogen and oxygen atoms in total. The molecule has 1 aliphatic heterocycles. The largest absolute Gasteiger partial charge is 0.494 e. The highest BCUT2D eigenvalue weighted by molar-refractivity contribution is 5.94. The lowest BCUT2D eigenvalue weighted by Gasteiger charge is -2.33. The summed E-state index contributed by atoms with van der Waals surface area (Å²) < 4.78 is 5.42. The van der Waals surface area contributed by atoms with Crippen LogP contribution in [0.2, 0.25) is 0 Å². The molecule has 1 N–H and O–H groups in total. The van der Waals surface area contributed by atoms with Crippen LogP contribution in [0.3, 0.4) is 0 Å². The van der Waals surface area contributed by atoms with Crippen LogP contribution in [0.25, 0.3) is 0 Å². The molecule has 3 rings (SSSR count). The second-order valence-electron chi connectivity index (χ2n) is 7.44. The fourth-order valence-electron chi connectivity index (χ4n) is 3.63. The molecule has 1 saturated heterocycles. The van der Waals surface area contributed by atoms with Crippen molar-refractivity contribution in [3.05, 3.63) is 59.7 Å². The highest BCUT2D eigenvalue weighted by atomic mass is 16.5. The summed E-state index contributed by atoms with van der Waals surface area (Å²) in [4.78, 5) is 14.9. The molecule has 4 heteroatoms. The van der Waals surface area contributed by atoms with E-state index in [0.717, 1.165) is 30.3 Å². The van der Waals surface area contributed by atoms with Crippen LogP contribution in [0, 0.1) is 5.92 Å². The van der Waals surface area contributed by atoms with Crippen molar-refractivity contribution in [2.75, 3.05) is 24.6 Å². The average molecular weight is 367 g/mol. The summed E-state index contributed by atoms with van der Waals surface area (Å²) in [5.41, 5.74) is 3.03. The number of nitrogens with zero attached hydrogens (tertiary/aromatic N) is 1. The number of hydrogen-bond acceptors (Lipinski definition) is 3. The molecule has 1 aliphatic rings. The topological polar surface area (TPSA) is 41.6 Å². The summed E-state index contributed by atoms with van der Waals surface area (Å²) in [7, 11) is 0. The molecule has 1 heterocycles. The number of nitrogens with one attached hydrogen (secondary N) is 1. The van der Waals surface area contributed by atoms with Crippen LogP contribution in [-0.2, 0) is 0 Å². The molecule has 0 aliphatic carbocycles. The third kappa shape index (κ3) is 5.03. The van der Waals surface area contributed by atoms with Gasteiger partial charge in [-0.2, -0.15) is 0 Å². The molecule has 144 valence electrons. The SMILES string of the molecule is CCOc1ccc(C(=O)N[C@H](C)c2ccc(N3CCC[C@@H](C)C3)cc2)cc1. The fraction of sp³-hybridized carbons (Fsp3) is 0.435. The maximum absolute atomic E-state index is 12.5. The van der Waals surface area contributed by atoms with Gasteiger partial charge in [0, 0.05) is 24.3 Å². The van der Waals surface area contributed by atoms with Crippen LogP contribution in [0.5, 0.6) is 5.75 Å². The van der Waals surface area contributed by atoms with E-state index in [9.17, 15) is 4.79 Å². The van der Waals surface area contributed by atoms with Crippen molar-refractivity contribution in [2.45, 2.75) is 39.7 Å². The first-order chi connectivity index (χ1) is 13.1. The Morgan fingerprint density at radius 2 is 1.89 bits per heavy atom. The predicted octanol–water partition coefficient (Wildman–Crippen LogP) is 4.81. The lowest BCUT2D eigenvalue weighted by atomic mass is 9.99. The molecule has 0 unspecified atom stereocenters. The number of benzene rings is 2. The van der Waals surface area contributed by atoms with Crippen LogP contribution in [0.4, 0.5) is 5.69 Å². The van der Waals surface area contributed by atoms with Crippen LogP contribution in [0.1, 0.15) is 55.6 Å². The number of amides is 1. The van der Waals surface area contributed by atoms with Gasteiger partial charge in [-0.3, -0.25) is 4.79 Å². The third-order valence-electron chi connectivity index (χ3n) is 5.19. The number of hydrogen-bond donors (Lipinski definition) is 1. The van der Waals surface area contributed by atoms with Crippen molar-refractivity contribution in [3.63, 3.8) is 0 Å². The van der Waals surface area contributed by atoms with Crippen molar-refractivity contribution in [1.29, 1.82) is 0 Å². The van der Waals surface area contributed by atoms with Crippen molar-refractivity contribution in [3.8, 4) is 5.75 Å². The highest BCUT2D eigenvalue weighted by Crippen LogP contribution is 2.24. The molecule has 0 saturated carbocycles. The minimum atomic E-state index is -0.0699. The zero-order valence-corrected chi connectivity index (χ0v) is 16.6. The van der Waals surface area contributed by atoms with Gasteiger partial charge in [0.25, 0.3) is 5.91 Å². The first-order valence-corrected chi connectivity index (χ1v) is 9.95. The maximum atomic E-state index is 12.5. The summed E-state index contributed by atoms with van der Waals surface area (Å²) in [5, 5.41) is 3.08. The van der Waals surface area contributed by atoms with Crippen molar-refractivity contribution in [1.82, 2.24) is 5.32 Å². The Labute approximate surface area is 162 Å². The summed E-state index contributed by atoms with van der Waals surface area (Å²) in [6.07, 6.45) is 2.58. The normalized spacial score (nSPS) is 18.0. The summed E-state index contributed by atoms with van der Waals surface area (Å²) >= 11 is 0. The Hall–Kier alpha value is -2.49. The van der Waals surface area contributed by atoms with Crippen molar-refractivity contribution >= 4 is 11.6 Å². The molecule has 0 aromatic heterocycles. The van der Waals surface area contributed by atoms with E-state index in [2.05, 4.69) is 41.4 Å². The standard InChI is InChI=1S/C23H30N2O2/c1-4-27-22-13-9-20(10-14-22)23(26)24-18(3)19-7-11-21(12-8-19)25-15-5-6-17(2)16-25/h7-14,17-18H,4-6,15-16H2,1-3H3,(H,24,26)/t17-,18-/m1/s1. The van der Waals surface area contributed by atoms with E-state index in [4.69, 9.17) is 4.74 Å². The van der Waals surface area contributed by atoms with Gasteiger partial charge in [0.05, 0.1) is 12.6 Å².